The molecule has 0 atom stereocenters. The van der Waals surface area contributed by atoms with E-state index in [0.717, 1.165) is 0 Å². The van der Waals surface area contributed by atoms with Crippen LogP contribution in [0.2, 0.25) is 0 Å². The Morgan fingerprint density at radius 3 is 2.78 bits per heavy atom. The monoisotopic (exact) mass is 127 g/mol. The molecule has 0 spiro atoms. The average molecular weight is 127 g/mol. The Labute approximate surface area is 52.8 Å². The minimum atomic E-state index is -0.211. The molecule has 0 aromatic carbocycles. The van der Waals surface area contributed by atoms with E-state index in [9.17, 15) is 9.59 Å². The first-order valence-electron chi connectivity index (χ1n) is 2.58. The van der Waals surface area contributed by atoms with Gasteiger partial charge in [-0.3, -0.25) is 9.59 Å². The summed E-state index contributed by atoms with van der Waals surface area (Å²) in [5, 5.41) is 2.38. The van der Waals surface area contributed by atoms with Gasteiger partial charge in [0.05, 0.1) is 6.54 Å². The molecule has 1 heterocycles. The molecule has 9 heavy (non-hydrogen) atoms. The fraction of sp³-hybridized carbons (Fsp3) is 0.400. The van der Waals surface area contributed by atoms with Crippen LogP contribution in [0.3, 0.4) is 0 Å². The summed E-state index contributed by atoms with van der Waals surface area (Å²) in [6.07, 6.45) is 0. The molecule has 0 saturated carbocycles. The zero-order chi connectivity index (χ0) is 6.85. The van der Waals surface area contributed by atoms with Crippen molar-refractivity contribution in [3.63, 3.8) is 0 Å². The number of amides is 2. The molecule has 0 aromatic heterocycles. The quantitative estimate of drug-likeness (QED) is 0.441. The zero-order valence-corrected chi connectivity index (χ0v) is 5.05. The van der Waals surface area contributed by atoms with Crippen LogP contribution in [0, 0.1) is 6.54 Å². The Morgan fingerprint density at radius 2 is 2.33 bits per heavy atom. The van der Waals surface area contributed by atoms with Crippen molar-refractivity contribution in [3.05, 3.63) is 6.54 Å². The van der Waals surface area contributed by atoms with E-state index in [4.69, 9.17) is 0 Å². The molecule has 0 aliphatic carbocycles. The number of rotatable bonds is 0. The second-order valence-corrected chi connectivity index (χ2v) is 1.85. The van der Waals surface area contributed by atoms with Crippen molar-refractivity contribution in [1.82, 2.24) is 10.2 Å². The van der Waals surface area contributed by atoms with Crippen molar-refractivity contribution < 1.29 is 9.59 Å². The lowest BCUT2D eigenvalue weighted by atomic mass is 10.4. The van der Waals surface area contributed by atoms with E-state index in [2.05, 4.69) is 5.32 Å². The van der Waals surface area contributed by atoms with Crippen molar-refractivity contribution in [2.45, 2.75) is 0 Å². The third kappa shape index (κ3) is 1.19. The summed E-state index contributed by atoms with van der Waals surface area (Å²) < 4.78 is 0. The van der Waals surface area contributed by atoms with Gasteiger partial charge in [-0.15, -0.1) is 0 Å². The average Bonchev–Trinajstić information content (AvgIpc) is 1.80. The number of hydrogen-bond donors (Lipinski definition) is 1. The molecule has 1 fully saturated rings. The first-order valence-corrected chi connectivity index (χ1v) is 2.58. The van der Waals surface area contributed by atoms with Crippen LogP contribution in [0.15, 0.2) is 0 Å². The van der Waals surface area contributed by atoms with Crippen molar-refractivity contribution in [1.29, 1.82) is 0 Å². The van der Waals surface area contributed by atoms with Crippen LogP contribution < -0.4 is 5.32 Å². The second kappa shape index (κ2) is 2.05. The lowest BCUT2D eigenvalue weighted by molar-refractivity contribution is -0.135. The molecule has 1 rings (SSSR count). The molecule has 1 N–H and O–H groups in total. The lowest BCUT2D eigenvalue weighted by Crippen LogP contribution is -2.46. The van der Waals surface area contributed by atoms with Crippen LogP contribution in [-0.2, 0) is 9.59 Å². The summed E-state index contributed by atoms with van der Waals surface area (Å²) in [4.78, 5) is 22.4. The summed E-state index contributed by atoms with van der Waals surface area (Å²) in [5.74, 6) is -0.299. The largest absolute Gasteiger partial charge is 0.345 e. The van der Waals surface area contributed by atoms with E-state index in [1.165, 1.54) is 11.4 Å². The summed E-state index contributed by atoms with van der Waals surface area (Å²) >= 11 is 0. The van der Waals surface area contributed by atoms with Crippen LogP contribution in [0.25, 0.3) is 0 Å². The normalized spacial score (nSPS) is 19.9. The van der Waals surface area contributed by atoms with E-state index < -0.39 is 0 Å². The topological polar surface area (TPSA) is 49.4 Å². The zero-order valence-electron chi connectivity index (χ0n) is 5.05. The van der Waals surface area contributed by atoms with E-state index >= 15 is 0 Å². The van der Waals surface area contributed by atoms with Gasteiger partial charge < -0.3 is 10.2 Å². The minimum Gasteiger partial charge on any atom is -0.345 e. The molecule has 0 aromatic rings. The molecule has 1 radical (unpaired) electrons. The highest BCUT2D eigenvalue weighted by molar-refractivity contribution is 5.96. The van der Waals surface area contributed by atoms with Crippen LogP contribution >= 0.6 is 0 Å². The van der Waals surface area contributed by atoms with Gasteiger partial charge in [0.15, 0.2) is 0 Å². The Bertz CT molecular complexity index is 155. The number of carbonyl (C=O) groups is 2. The van der Waals surface area contributed by atoms with Gasteiger partial charge in [-0.05, 0) is 0 Å². The van der Waals surface area contributed by atoms with Crippen molar-refractivity contribution in [2.75, 3.05) is 13.6 Å². The van der Waals surface area contributed by atoms with Crippen LogP contribution in [0.4, 0.5) is 0 Å². The number of carbonyl (C=O) groups excluding carboxylic acids is 2. The van der Waals surface area contributed by atoms with Crippen molar-refractivity contribution >= 4 is 11.8 Å². The van der Waals surface area contributed by atoms with E-state index in [0.29, 0.717) is 0 Å². The molecule has 4 nitrogen and oxygen atoms in total. The van der Waals surface area contributed by atoms with Gasteiger partial charge in [0.1, 0.15) is 6.54 Å². The van der Waals surface area contributed by atoms with E-state index in [1.54, 1.807) is 7.05 Å². The highest BCUT2D eigenvalue weighted by atomic mass is 16.2. The number of likely N-dealkylation sites (N-methyl/N-ethyl adjacent to an activating group) is 1. The maximum absolute atomic E-state index is 10.6. The molecule has 1 saturated heterocycles. The van der Waals surface area contributed by atoms with Gasteiger partial charge in [0, 0.05) is 7.05 Å². The number of piperazine rings is 1. The molecular formula is C5H7N2O2. The molecular weight excluding hydrogens is 120 g/mol. The predicted octanol–water partition coefficient (Wildman–Crippen LogP) is -1.26. The summed E-state index contributed by atoms with van der Waals surface area (Å²) in [6, 6.07) is 0. The Kier molecular flexibility index (Phi) is 1.38. The first-order chi connectivity index (χ1) is 4.20. The third-order valence-electron chi connectivity index (χ3n) is 1.12. The maximum Gasteiger partial charge on any atom is 0.245 e. The van der Waals surface area contributed by atoms with E-state index in [-0.39, 0.29) is 18.4 Å². The summed E-state index contributed by atoms with van der Waals surface area (Å²) in [7, 11) is 1.56. The highest BCUT2D eigenvalue weighted by Crippen LogP contribution is 1.93. The Morgan fingerprint density at radius 1 is 1.67 bits per heavy atom. The summed E-state index contributed by atoms with van der Waals surface area (Å²) in [5.41, 5.74) is 0. The van der Waals surface area contributed by atoms with E-state index in [1.807, 2.05) is 0 Å². The lowest BCUT2D eigenvalue weighted by Gasteiger charge is -2.20. The smallest absolute Gasteiger partial charge is 0.245 e. The standard InChI is InChI=1S/C5H7N2O2/c1-7-3-4(8)6-2-5(7)9/h3H,2H2,1H3,(H,6,8). The Hall–Kier alpha value is -1.06. The Balaban J connectivity index is 2.54. The number of nitrogens with zero attached hydrogens (tertiary/aromatic N) is 1. The molecule has 0 unspecified atom stereocenters. The maximum atomic E-state index is 10.6. The molecule has 49 valence electrons. The number of nitrogens with one attached hydrogen (secondary N) is 1. The van der Waals surface area contributed by atoms with Gasteiger partial charge >= 0.3 is 0 Å². The second-order valence-electron chi connectivity index (χ2n) is 1.85. The van der Waals surface area contributed by atoms with Gasteiger partial charge in [0.2, 0.25) is 11.8 Å². The van der Waals surface area contributed by atoms with Gasteiger partial charge in [-0.2, -0.15) is 0 Å². The fourth-order valence-electron chi connectivity index (χ4n) is 0.581. The van der Waals surface area contributed by atoms with Crippen LogP contribution in [0.1, 0.15) is 0 Å². The van der Waals surface area contributed by atoms with Gasteiger partial charge in [-0.25, -0.2) is 0 Å². The molecule has 1 aliphatic rings. The van der Waals surface area contributed by atoms with Crippen LogP contribution in [0.5, 0.6) is 0 Å². The number of hydrogen-bond acceptors (Lipinski definition) is 2. The minimum absolute atomic E-state index is 0.0883. The van der Waals surface area contributed by atoms with Crippen LogP contribution in [-0.4, -0.2) is 30.3 Å². The molecule has 0 bridgehead atoms. The molecule has 1 aliphatic heterocycles. The predicted molar refractivity (Wildman–Crippen MR) is 30.1 cm³/mol. The first kappa shape index (κ1) is 6.07. The molecule has 2 amide bonds. The fourth-order valence-corrected chi connectivity index (χ4v) is 0.581. The van der Waals surface area contributed by atoms with Gasteiger partial charge in [0.25, 0.3) is 0 Å². The van der Waals surface area contributed by atoms with Crippen molar-refractivity contribution in [2.24, 2.45) is 0 Å². The summed E-state index contributed by atoms with van der Waals surface area (Å²) in [6.45, 7) is 1.34. The SMILES string of the molecule is CN1[CH]C(=O)NCC1=O. The van der Waals surface area contributed by atoms with Crippen molar-refractivity contribution in [3.8, 4) is 0 Å². The molecule has 4 heteroatoms. The third-order valence-corrected chi connectivity index (χ3v) is 1.12. The highest BCUT2D eigenvalue weighted by Gasteiger charge is 2.19. The van der Waals surface area contributed by atoms with Gasteiger partial charge in [-0.1, -0.05) is 0 Å².